The number of hydrogen-bond donors (Lipinski definition) is 0. The van der Waals surface area contributed by atoms with Crippen molar-refractivity contribution in [3.8, 4) is 5.75 Å². The van der Waals surface area contributed by atoms with Crippen LogP contribution in [0.25, 0.3) is 0 Å². The maximum atomic E-state index is 13.3. The van der Waals surface area contributed by atoms with Crippen LogP contribution in [0.3, 0.4) is 0 Å². The summed E-state index contributed by atoms with van der Waals surface area (Å²) < 4.78 is 11.0. The first-order valence-electron chi connectivity index (χ1n) is 8.82. The largest absolute Gasteiger partial charge is 0.496 e. The van der Waals surface area contributed by atoms with E-state index in [4.69, 9.17) is 9.15 Å². The van der Waals surface area contributed by atoms with Crippen molar-refractivity contribution in [1.82, 2.24) is 5.01 Å². The average molecular weight is 360 g/mol. The Kier molecular flexibility index (Phi) is 4.50. The van der Waals surface area contributed by atoms with E-state index in [9.17, 15) is 4.79 Å². The number of nitrogens with zero attached hydrogens (tertiary/aromatic N) is 2. The topological polar surface area (TPSA) is 55.0 Å². The van der Waals surface area contributed by atoms with Crippen LogP contribution >= 0.6 is 0 Å². The molecule has 0 saturated carbocycles. The molecule has 2 aromatic carbocycles. The highest BCUT2D eigenvalue weighted by atomic mass is 16.5. The molecular weight excluding hydrogens is 340 g/mol. The van der Waals surface area contributed by atoms with Crippen molar-refractivity contribution >= 4 is 11.6 Å². The second-order valence-corrected chi connectivity index (χ2v) is 6.45. The highest BCUT2D eigenvalue weighted by Crippen LogP contribution is 2.38. The number of carbonyl (C=O) groups excluding carboxylic acids is 1. The van der Waals surface area contributed by atoms with Gasteiger partial charge in [0.1, 0.15) is 17.2 Å². The van der Waals surface area contributed by atoms with Gasteiger partial charge in [0.2, 0.25) is 0 Å². The van der Waals surface area contributed by atoms with Crippen molar-refractivity contribution in [2.75, 3.05) is 7.11 Å². The van der Waals surface area contributed by atoms with Crippen LogP contribution in [-0.4, -0.2) is 23.7 Å². The molecule has 3 aromatic rings. The van der Waals surface area contributed by atoms with Crippen LogP contribution in [0.1, 0.15) is 39.7 Å². The first kappa shape index (κ1) is 17.1. The predicted octanol–water partition coefficient (Wildman–Crippen LogP) is 4.59. The molecule has 136 valence electrons. The number of aryl methyl sites for hydroxylation is 1. The first-order valence-corrected chi connectivity index (χ1v) is 8.82. The lowest BCUT2D eigenvalue weighted by Gasteiger charge is -2.24. The molecule has 0 unspecified atom stereocenters. The molecule has 0 radical (unpaired) electrons. The van der Waals surface area contributed by atoms with Crippen molar-refractivity contribution in [1.29, 1.82) is 0 Å². The van der Waals surface area contributed by atoms with Gasteiger partial charge in [-0.15, -0.1) is 0 Å². The normalized spacial score (nSPS) is 16.3. The fourth-order valence-corrected chi connectivity index (χ4v) is 3.41. The van der Waals surface area contributed by atoms with E-state index in [-0.39, 0.29) is 11.9 Å². The van der Waals surface area contributed by atoms with Gasteiger partial charge in [-0.25, -0.2) is 5.01 Å². The van der Waals surface area contributed by atoms with Gasteiger partial charge in [-0.3, -0.25) is 4.79 Å². The molecule has 0 fully saturated rings. The van der Waals surface area contributed by atoms with E-state index >= 15 is 0 Å². The highest BCUT2D eigenvalue weighted by molar-refractivity contribution is 6.03. The monoisotopic (exact) mass is 360 g/mol. The van der Waals surface area contributed by atoms with E-state index in [0.717, 1.165) is 22.6 Å². The Morgan fingerprint density at radius 2 is 1.89 bits per heavy atom. The van der Waals surface area contributed by atoms with Gasteiger partial charge in [0.05, 0.1) is 19.4 Å². The van der Waals surface area contributed by atoms with Crippen LogP contribution in [0, 0.1) is 6.92 Å². The molecule has 0 saturated heterocycles. The Morgan fingerprint density at radius 3 is 2.63 bits per heavy atom. The lowest BCUT2D eigenvalue weighted by molar-refractivity contribution is 0.0708. The maximum Gasteiger partial charge on any atom is 0.274 e. The number of hydrogen-bond acceptors (Lipinski definition) is 4. The fraction of sp³-hybridized carbons (Fsp3) is 0.182. The van der Waals surface area contributed by atoms with E-state index in [1.807, 2.05) is 67.6 Å². The number of rotatable bonds is 4. The predicted molar refractivity (Wildman–Crippen MR) is 103 cm³/mol. The average Bonchev–Trinajstić information content (AvgIpc) is 3.37. The summed E-state index contributed by atoms with van der Waals surface area (Å²) in [6, 6.07) is 18.7. The quantitative estimate of drug-likeness (QED) is 0.684. The highest BCUT2D eigenvalue weighted by Gasteiger charge is 2.36. The Hall–Kier alpha value is -3.34. The van der Waals surface area contributed by atoms with Gasteiger partial charge in [-0.1, -0.05) is 36.4 Å². The molecule has 0 aliphatic carbocycles. The molecule has 27 heavy (non-hydrogen) atoms. The Labute approximate surface area is 157 Å². The summed E-state index contributed by atoms with van der Waals surface area (Å²) in [5.74, 6) is 1.28. The number of benzene rings is 2. The van der Waals surface area contributed by atoms with Crippen molar-refractivity contribution < 1.29 is 13.9 Å². The third-order valence-electron chi connectivity index (χ3n) is 4.80. The number of furan rings is 1. The molecule has 1 atom stereocenters. The van der Waals surface area contributed by atoms with Crippen LogP contribution in [0.5, 0.6) is 5.75 Å². The van der Waals surface area contributed by atoms with E-state index in [1.54, 1.807) is 18.4 Å². The van der Waals surface area contributed by atoms with Gasteiger partial charge < -0.3 is 9.15 Å². The molecule has 5 nitrogen and oxygen atoms in total. The third kappa shape index (κ3) is 3.12. The van der Waals surface area contributed by atoms with E-state index < -0.39 is 0 Å². The second kappa shape index (κ2) is 7.11. The SMILES string of the molecule is COc1ccccc1[C@H]1CC(c2ccco2)=NN1C(=O)c1ccccc1C. The fourth-order valence-electron chi connectivity index (χ4n) is 3.41. The maximum absolute atomic E-state index is 13.3. The van der Waals surface area contributed by atoms with Crippen LogP contribution in [0.2, 0.25) is 0 Å². The van der Waals surface area contributed by atoms with Gasteiger partial charge in [-0.05, 0) is 36.8 Å². The van der Waals surface area contributed by atoms with E-state index in [1.165, 1.54) is 0 Å². The first-order chi connectivity index (χ1) is 13.2. The summed E-state index contributed by atoms with van der Waals surface area (Å²) >= 11 is 0. The molecule has 5 heteroatoms. The van der Waals surface area contributed by atoms with E-state index in [2.05, 4.69) is 5.10 Å². The molecule has 1 aliphatic rings. The molecule has 1 aliphatic heterocycles. The summed E-state index contributed by atoms with van der Waals surface area (Å²) in [7, 11) is 1.63. The number of amides is 1. The van der Waals surface area contributed by atoms with E-state index in [0.29, 0.717) is 17.7 Å². The van der Waals surface area contributed by atoms with Crippen LogP contribution in [0.4, 0.5) is 0 Å². The minimum atomic E-state index is -0.256. The molecular formula is C22H20N2O3. The third-order valence-corrected chi connectivity index (χ3v) is 4.80. The lowest BCUT2D eigenvalue weighted by Crippen LogP contribution is -2.28. The molecule has 1 amide bonds. The Balaban J connectivity index is 1.78. The molecule has 2 heterocycles. The zero-order chi connectivity index (χ0) is 18.8. The van der Waals surface area contributed by atoms with Crippen LogP contribution in [-0.2, 0) is 0 Å². The number of ether oxygens (including phenoxy) is 1. The number of hydrazone groups is 1. The van der Waals surface area contributed by atoms with Gasteiger partial charge >= 0.3 is 0 Å². The molecule has 4 rings (SSSR count). The van der Waals surface area contributed by atoms with Gasteiger partial charge in [-0.2, -0.15) is 5.10 Å². The summed E-state index contributed by atoms with van der Waals surface area (Å²) in [6.07, 6.45) is 2.17. The van der Waals surface area contributed by atoms with Gasteiger partial charge in [0.15, 0.2) is 0 Å². The summed E-state index contributed by atoms with van der Waals surface area (Å²) in [6.45, 7) is 1.93. The van der Waals surface area contributed by atoms with Crippen molar-refractivity contribution in [3.05, 3.63) is 89.4 Å². The Bertz CT molecular complexity index is 992. The van der Waals surface area contributed by atoms with Crippen LogP contribution < -0.4 is 4.74 Å². The number of methoxy groups -OCH3 is 1. The minimum absolute atomic E-state index is 0.134. The van der Waals surface area contributed by atoms with Crippen LogP contribution in [0.15, 0.2) is 76.4 Å². The van der Waals surface area contributed by atoms with Crippen molar-refractivity contribution in [2.24, 2.45) is 5.10 Å². The zero-order valence-electron chi connectivity index (χ0n) is 15.3. The number of carbonyl (C=O) groups is 1. The van der Waals surface area contributed by atoms with Gasteiger partial charge in [0, 0.05) is 17.5 Å². The standard InChI is InChI=1S/C22H20N2O3/c1-15-8-3-4-9-16(15)22(25)24-19(17-10-5-6-11-20(17)26-2)14-18(23-24)21-12-7-13-27-21/h3-13,19H,14H2,1-2H3/t19-/m1/s1. The Morgan fingerprint density at radius 1 is 1.11 bits per heavy atom. The molecule has 0 spiro atoms. The summed E-state index contributed by atoms with van der Waals surface area (Å²) in [5, 5.41) is 6.19. The zero-order valence-corrected chi connectivity index (χ0v) is 15.3. The molecule has 1 aromatic heterocycles. The van der Waals surface area contributed by atoms with Gasteiger partial charge in [0.25, 0.3) is 5.91 Å². The van der Waals surface area contributed by atoms with Crippen molar-refractivity contribution in [3.63, 3.8) is 0 Å². The smallest absolute Gasteiger partial charge is 0.274 e. The summed E-state index contributed by atoms with van der Waals surface area (Å²) in [5.41, 5.74) is 3.23. The molecule has 0 bridgehead atoms. The molecule has 0 N–H and O–H groups in total. The summed E-state index contributed by atoms with van der Waals surface area (Å²) in [4.78, 5) is 13.3. The van der Waals surface area contributed by atoms with Crippen molar-refractivity contribution in [2.45, 2.75) is 19.4 Å². The second-order valence-electron chi connectivity index (χ2n) is 6.45. The minimum Gasteiger partial charge on any atom is -0.496 e. The number of para-hydroxylation sites is 1. The lowest BCUT2D eigenvalue weighted by atomic mass is 9.99.